The highest BCUT2D eigenvalue weighted by Crippen LogP contribution is 2.39. The van der Waals surface area contributed by atoms with Gasteiger partial charge in [-0.2, -0.15) is 0 Å². The molecule has 1 aromatic heterocycles. The molecule has 1 saturated heterocycles. The quantitative estimate of drug-likeness (QED) is 0.363. The Morgan fingerprint density at radius 1 is 0.857 bits per heavy atom. The van der Waals surface area contributed by atoms with Gasteiger partial charge in [-0.1, -0.05) is 12.2 Å². The molecule has 9 nitrogen and oxygen atoms in total. The van der Waals surface area contributed by atoms with Crippen molar-refractivity contribution in [3.05, 3.63) is 47.2 Å². The van der Waals surface area contributed by atoms with E-state index in [4.69, 9.17) is 18.8 Å². The summed E-state index contributed by atoms with van der Waals surface area (Å²) in [5, 5.41) is 0. The molecule has 10 heteroatoms. The summed E-state index contributed by atoms with van der Waals surface area (Å²) in [6, 6.07) is 4.09. The zero-order valence-electron chi connectivity index (χ0n) is 27.5. The van der Waals surface area contributed by atoms with Gasteiger partial charge >= 0.3 is 19.3 Å². The molecule has 0 aliphatic carbocycles. The third-order valence-electron chi connectivity index (χ3n) is 7.58. The summed E-state index contributed by atoms with van der Waals surface area (Å²) in [7, 11) is -0.314. The number of nitrogens with zero attached hydrogens (tertiary/aromatic N) is 3. The molecule has 0 spiro atoms. The molecular formula is C32H50BN3O6. The number of amides is 2. The second-order valence-corrected chi connectivity index (χ2v) is 14.1. The van der Waals surface area contributed by atoms with Gasteiger partial charge in [-0.25, -0.2) is 9.59 Å². The van der Waals surface area contributed by atoms with Crippen molar-refractivity contribution >= 4 is 24.9 Å². The number of hydrogen-bond donors (Lipinski definition) is 0. The van der Waals surface area contributed by atoms with Crippen LogP contribution in [0.15, 0.2) is 36.0 Å². The Balaban J connectivity index is 0.000000231. The van der Waals surface area contributed by atoms with E-state index in [1.807, 2.05) is 94.5 Å². The molecule has 0 radical (unpaired) electrons. The summed E-state index contributed by atoms with van der Waals surface area (Å²) < 4.78 is 22.9. The number of pyridine rings is 1. The van der Waals surface area contributed by atoms with Gasteiger partial charge in [0.25, 0.3) is 0 Å². The van der Waals surface area contributed by atoms with Crippen LogP contribution < -0.4 is 0 Å². The third-order valence-corrected chi connectivity index (χ3v) is 7.58. The fourth-order valence-electron chi connectivity index (χ4n) is 4.55. The number of aryl methyl sites for hydroxylation is 1. The summed E-state index contributed by atoms with van der Waals surface area (Å²) in [5.41, 5.74) is 3.02. The van der Waals surface area contributed by atoms with E-state index >= 15 is 0 Å². The lowest BCUT2D eigenvalue weighted by atomic mass is 9.75. The van der Waals surface area contributed by atoms with Crippen LogP contribution in [0, 0.1) is 6.92 Å². The molecule has 1 aromatic rings. The summed E-state index contributed by atoms with van der Waals surface area (Å²) in [4.78, 5) is 31.7. The van der Waals surface area contributed by atoms with E-state index in [9.17, 15) is 9.59 Å². The fourth-order valence-corrected chi connectivity index (χ4v) is 4.55. The molecule has 232 valence electrons. The molecule has 2 amide bonds. The summed E-state index contributed by atoms with van der Waals surface area (Å²) in [6.07, 6.45) is 7.04. The van der Waals surface area contributed by atoms with Crippen LogP contribution >= 0.6 is 0 Å². The first-order chi connectivity index (χ1) is 19.3. The molecule has 1 fully saturated rings. The first-order valence-corrected chi connectivity index (χ1v) is 14.9. The molecule has 0 aromatic carbocycles. The molecule has 3 aliphatic rings. The lowest BCUT2D eigenvalue weighted by Gasteiger charge is -2.32. The van der Waals surface area contributed by atoms with Gasteiger partial charge in [-0.05, 0) is 118 Å². The van der Waals surface area contributed by atoms with E-state index in [1.54, 1.807) is 9.80 Å². The molecule has 3 aliphatic heterocycles. The lowest BCUT2D eigenvalue weighted by Crippen LogP contribution is -2.41. The van der Waals surface area contributed by atoms with Crippen molar-refractivity contribution in [3.63, 3.8) is 0 Å². The van der Waals surface area contributed by atoms with Crippen LogP contribution in [0.2, 0.25) is 0 Å². The van der Waals surface area contributed by atoms with Crippen LogP contribution in [0.25, 0.3) is 5.57 Å². The normalized spacial score (nSPS) is 20.2. The molecule has 0 N–H and O–H groups in total. The van der Waals surface area contributed by atoms with Gasteiger partial charge in [0.2, 0.25) is 0 Å². The molecule has 0 unspecified atom stereocenters. The predicted octanol–water partition coefficient (Wildman–Crippen LogP) is 6.60. The number of aromatic nitrogens is 1. The van der Waals surface area contributed by atoms with Crippen molar-refractivity contribution in [3.8, 4) is 0 Å². The second kappa shape index (κ2) is 12.8. The van der Waals surface area contributed by atoms with Crippen LogP contribution in [0.1, 0.15) is 93.3 Å². The van der Waals surface area contributed by atoms with Gasteiger partial charge in [-0.15, -0.1) is 0 Å². The summed E-state index contributed by atoms with van der Waals surface area (Å²) in [6.45, 7) is 23.9. The summed E-state index contributed by atoms with van der Waals surface area (Å²) >= 11 is 0. The van der Waals surface area contributed by atoms with E-state index in [1.165, 1.54) is 11.1 Å². The van der Waals surface area contributed by atoms with E-state index in [-0.39, 0.29) is 30.5 Å². The minimum atomic E-state index is -0.465. The number of ether oxygens (including phenoxy) is 2. The number of rotatable bonds is 2. The molecule has 0 bridgehead atoms. The monoisotopic (exact) mass is 583 g/mol. The van der Waals surface area contributed by atoms with Crippen molar-refractivity contribution in [2.45, 2.75) is 111 Å². The number of hydrogen-bond acceptors (Lipinski definition) is 7. The maximum absolute atomic E-state index is 12.1. The summed E-state index contributed by atoms with van der Waals surface area (Å²) in [5.74, 6) is 0. The Labute approximate surface area is 252 Å². The SMILES string of the molecule is CC(C)(C)OC(=O)N1CC=C(B2OC(C)(C)C(C)(C)O2)CC1.Cc1cc(C2=CCN(C(=O)OC(C)(C)C)CC2)ccn1. The van der Waals surface area contributed by atoms with Crippen LogP contribution in [0.3, 0.4) is 0 Å². The third kappa shape index (κ3) is 9.33. The van der Waals surface area contributed by atoms with Crippen LogP contribution in [0.4, 0.5) is 9.59 Å². The smallest absolute Gasteiger partial charge is 0.444 e. The molecule has 4 rings (SSSR count). The average Bonchev–Trinajstić information content (AvgIpc) is 3.09. The highest BCUT2D eigenvalue weighted by Gasteiger charge is 2.52. The van der Waals surface area contributed by atoms with E-state index in [0.717, 1.165) is 24.0 Å². The van der Waals surface area contributed by atoms with Gasteiger partial charge < -0.3 is 28.6 Å². The van der Waals surface area contributed by atoms with Crippen LogP contribution in [-0.4, -0.2) is 82.7 Å². The molecule has 0 saturated carbocycles. The highest BCUT2D eigenvalue weighted by atomic mass is 16.7. The van der Waals surface area contributed by atoms with Crippen molar-refractivity contribution in [1.29, 1.82) is 0 Å². The lowest BCUT2D eigenvalue weighted by molar-refractivity contribution is 0.00578. The largest absolute Gasteiger partial charge is 0.490 e. The highest BCUT2D eigenvalue weighted by molar-refractivity contribution is 6.54. The van der Waals surface area contributed by atoms with Gasteiger partial charge in [-0.3, -0.25) is 4.98 Å². The Morgan fingerprint density at radius 2 is 1.36 bits per heavy atom. The maximum atomic E-state index is 12.1. The van der Waals surface area contributed by atoms with Crippen molar-refractivity contribution < 1.29 is 28.4 Å². The Hall–Kier alpha value is -2.85. The minimum Gasteiger partial charge on any atom is -0.444 e. The molecule has 42 heavy (non-hydrogen) atoms. The van der Waals surface area contributed by atoms with Gasteiger partial charge in [0.05, 0.1) is 11.2 Å². The topological polar surface area (TPSA) is 90.4 Å². The number of carbonyl (C=O) groups excluding carboxylic acids is 2. The molecule has 0 atom stereocenters. The first-order valence-electron chi connectivity index (χ1n) is 14.9. The molecular weight excluding hydrogens is 533 g/mol. The second-order valence-electron chi connectivity index (χ2n) is 14.1. The zero-order chi connectivity index (χ0) is 31.5. The van der Waals surface area contributed by atoms with Crippen molar-refractivity contribution in [2.24, 2.45) is 0 Å². The first kappa shape index (κ1) is 33.7. The van der Waals surface area contributed by atoms with E-state index in [0.29, 0.717) is 26.2 Å². The Bertz CT molecular complexity index is 1180. The Morgan fingerprint density at radius 3 is 1.76 bits per heavy atom. The van der Waals surface area contributed by atoms with Crippen molar-refractivity contribution in [1.82, 2.24) is 14.8 Å². The minimum absolute atomic E-state index is 0.237. The number of carbonyl (C=O) groups is 2. The van der Waals surface area contributed by atoms with Gasteiger partial charge in [0.1, 0.15) is 11.2 Å². The van der Waals surface area contributed by atoms with Crippen LogP contribution in [0.5, 0.6) is 0 Å². The van der Waals surface area contributed by atoms with Crippen LogP contribution in [-0.2, 0) is 18.8 Å². The van der Waals surface area contributed by atoms with Gasteiger partial charge in [0.15, 0.2) is 0 Å². The average molecular weight is 584 g/mol. The maximum Gasteiger partial charge on any atom is 0.490 e. The Kier molecular flexibility index (Phi) is 10.3. The van der Waals surface area contributed by atoms with Crippen molar-refractivity contribution in [2.75, 3.05) is 26.2 Å². The molecule has 4 heterocycles. The van der Waals surface area contributed by atoms with Gasteiger partial charge in [0, 0.05) is 38.1 Å². The fraction of sp³-hybridized carbons (Fsp3) is 0.656. The standard InChI is InChI=1S/C16H28BNO4.C16H22N2O2/c1-14(2,3)20-13(19)18-10-8-12(9-11-18)17-21-15(4,5)16(6,7)22-17;1-12-11-14(5-8-17-12)13-6-9-18(10-7-13)15(19)20-16(2,3)4/h8H,9-11H2,1-7H3;5-6,8,11H,7,9-10H2,1-4H3. The zero-order valence-corrected chi connectivity index (χ0v) is 27.5. The predicted molar refractivity (Wildman–Crippen MR) is 166 cm³/mol. The van der Waals surface area contributed by atoms with E-state index in [2.05, 4.69) is 17.1 Å². The van der Waals surface area contributed by atoms with E-state index < -0.39 is 11.2 Å².